The second kappa shape index (κ2) is 8.20. The Labute approximate surface area is 143 Å². The number of Topliss-reactive ketones (excluding diaryl/α,β-unsaturated/α-hetero) is 1. The molecule has 0 aliphatic rings. The van der Waals surface area contributed by atoms with Crippen molar-refractivity contribution < 1.29 is 24.6 Å². The number of carbonyl (C=O) groups excluding carboxylic acids is 1. The zero-order valence-electron chi connectivity index (χ0n) is 13.4. The fourth-order valence-corrected chi connectivity index (χ4v) is 2.47. The smallest absolute Gasteiger partial charge is 0.320 e. The van der Waals surface area contributed by atoms with Crippen molar-refractivity contribution in [3.05, 3.63) is 53.6 Å². The molecular weight excluding hydrogens is 326 g/mol. The minimum absolute atomic E-state index is 0.00209. The average Bonchev–Trinajstić information content (AvgIpc) is 3.02. The van der Waals surface area contributed by atoms with Gasteiger partial charge in [-0.05, 0) is 12.0 Å². The minimum atomic E-state index is -1.16. The maximum Gasteiger partial charge on any atom is 0.320 e. The van der Waals surface area contributed by atoms with Gasteiger partial charge < -0.3 is 20.9 Å². The molecule has 132 valence electrons. The normalized spacial score (nSPS) is 13.2. The Balaban J connectivity index is 2.14. The van der Waals surface area contributed by atoms with Gasteiger partial charge in [0, 0.05) is 24.2 Å². The van der Waals surface area contributed by atoms with Gasteiger partial charge in [0.25, 0.3) is 0 Å². The number of carboxylic acid groups (broad SMARTS) is 2. The molecule has 0 aliphatic heterocycles. The molecule has 0 saturated carbocycles. The summed E-state index contributed by atoms with van der Waals surface area (Å²) in [6, 6.07) is 8.00. The highest BCUT2D eigenvalue weighted by atomic mass is 16.4. The molecule has 8 nitrogen and oxygen atoms in total. The molecule has 2 atom stereocenters. The zero-order chi connectivity index (χ0) is 18.4. The highest BCUT2D eigenvalue weighted by Crippen LogP contribution is 2.17. The van der Waals surface area contributed by atoms with Gasteiger partial charge in [0.15, 0.2) is 5.82 Å². The fourth-order valence-electron chi connectivity index (χ4n) is 2.47. The van der Waals surface area contributed by atoms with E-state index in [2.05, 4.69) is 9.97 Å². The monoisotopic (exact) mass is 345 g/mol. The van der Waals surface area contributed by atoms with Gasteiger partial charge in [0.2, 0.25) is 5.78 Å². The summed E-state index contributed by atoms with van der Waals surface area (Å²) >= 11 is 0. The molecule has 1 heterocycles. The van der Waals surface area contributed by atoms with Gasteiger partial charge in [-0.25, -0.2) is 4.98 Å². The molecule has 0 amide bonds. The third-order valence-corrected chi connectivity index (χ3v) is 3.74. The summed E-state index contributed by atoms with van der Waals surface area (Å²) in [6.45, 7) is 0. The Morgan fingerprint density at radius 2 is 1.80 bits per heavy atom. The second-order valence-corrected chi connectivity index (χ2v) is 5.75. The fraction of sp³-hybridized carbons (Fsp3) is 0.294. The number of carbonyl (C=O) groups is 3. The number of nitrogens with one attached hydrogen (secondary N) is 1. The van der Waals surface area contributed by atoms with Gasteiger partial charge in [-0.15, -0.1) is 0 Å². The van der Waals surface area contributed by atoms with Crippen LogP contribution in [0, 0.1) is 5.92 Å². The van der Waals surface area contributed by atoms with Crippen molar-refractivity contribution in [2.24, 2.45) is 11.7 Å². The first kappa shape index (κ1) is 18.3. The number of hydrogen-bond donors (Lipinski definition) is 4. The molecule has 0 saturated heterocycles. The van der Waals surface area contributed by atoms with Crippen molar-refractivity contribution in [3.8, 4) is 0 Å². The molecule has 2 rings (SSSR count). The van der Waals surface area contributed by atoms with Crippen LogP contribution in [0.2, 0.25) is 0 Å². The Morgan fingerprint density at radius 3 is 2.40 bits per heavy atom. The van der Waals surface area contributed by atoms with E-state index in [0.717, 1.165) is 5.56 Å². The van der Waals surface area contributed by atoms with Crippen LogP contribution < -0.4 is 5.73 Å². The molecule has 1 aromatic carbocycles. The average molecular weight is 345 g/mol. The lowest BCUT2D eigenvalue weighted by Gasteiger charge is -2.12. The maximum absolute atomic E-state index is 12.6. The third-order valence-electron chi connectivity index (χ3n) is 3.74. The van der Waals surface area contributed by atoms with Gasteiger partial charge >= 0.3 is 11.9 Å². The van der Waals surface area contributed by atoms with Gasteiger partial charge in [-0.3, -0.25) is 14.4 Å². The van der Waals surface area contributed by atoms with Crippen molar-refractivity contribution in [2.45, 2.75) is 25.3 Å². The molecule has 0 radical (unpaired) electrons. The van der Waals surface area contributed by atoms with E-state index in [1.807, 2.05) is 30.3 Å². The van der Waals surface area contributed by atoms with Crippen LogP contribution in [0.15, 0.2) is 36.5 Å². The number of aromatic amines is 1. The largest absolute Gasteiger partial charge is 0.481 e. The molecular formula is C17H19N3O5. The molecule has 0 unspecified atom stereocenters. The molecule has 25 heavy (non-hydrogen) atoms. The van der Waals surface area contributed by atoms with Crippen LogP contribution in [0.1, 0.15) is 28.3 Å². The molecule has 1 aromatic heterocycles. The van der Waals surface area contributed by atoms with Crippen LogP contribution in [-0.4, -0.2) is 43.9 Å². The first-order chi connectivity index (χ1) is 11.9. The number of ketones is 1. The van der Waals surface area contributed by atoms with Crippen LogP contribution in [0.25, 0.3) is 0 Å². The molecule has 2 aromatic rings. The lowest BCUT2D eigenvalue weighted by atomic mass is 9.92. The summed E-state index contributed by atoms with van der Waals surface area (Å²) in [5.74, 6) is -3.42. The Morgan fingerprint density at radius 1 is 1.12 bits per heavy atom. The summed E-state index contributed by atoms with van der Waals surface area (Å²) in [7, 11) is 0. The quantitative estimate of drug-likeness (QED) is 0.493. The lowest BCUT2D eigenvalue weighted by Crippen LogP contribution is -2.32. The number of imidazole rings is 1. The third kappa shape index (κ3) is 5.25. The van der Waals surface area contributed by atoms with E-state index >= 15 is 0 Å². The van der Waals surface area contributed by atoms with E-state index in [0.29, 0.717) is 5.69 Å². The first-order valence-corrected chi connectivity index (χ1v) is 7.69. The standard InChI is InChI=1S/C17H19N3O5/c18-13(17(24)25)8-12-9-19-16(20-12)15(23)11(7-14(21)22)6-10-4-2-1-3-5-10/h1-5,9,11,13H,6-8,18H2,(H,19,20)(H,21,22)(H,24,25)/t11-,13-/m1/s1. The van der Waals surface area contributed by atoms with Crippen LogP contribution in [-0.2, 0) is 22.4 Å². The van der Waals surface area contributed by atoms with Crippen molar-refractivity contribution >= 4 is 17.7 Å². The number of rotatable bonds is 9. The Kier molecular flexibility index (Phi) is 6.02. The van der Waals surface area contributed by atoms with Crippen molar-refractivity contribution in [2.75, 3.05) is 0 Å². The van der Waals surface area contributed by atoms with E-state index < -0.39 is 29.7 Å². The molecule has 8 heteroatoms. The topological polar surface area (TPSA) is 146 Å². The van der Waals surface area contributed by atoms with Gasteiger partial charge in [0.1, 0.15) is 6.04 Å². The second-order valence-electron chi connectivity index (χ2n) is 5.75. The summed E-state index contributed by atoms with van der Waals surface area (Å²) in [6.07, 6.45) is 1.29. The van der Waals surface area contributed by atoms with Gasteiger partial charge in [0.05, 0.1) is 6.42 Å². The first-order valence-electron chi connectivity index (χ1n) is 7.69. The van der Waals surface area contributed by atoms with Crippen LogP contribution in [0.5, 0.6) is 0 Å². The zero-order valence-corrected chi connectivity index (χ0v) is 13.4. The number of aromatic nitrogens is 2. The highest BCUT2D eigenvalue weighted by molar-refractivity contribution is 5.96. The predicted octanol–water partition coefficient (Wildman–Crippen LogP) is 0.880. The Hall–Kier alpha value is -3.00. The van der Waals surface area contributed by atoms with Crippen molar-refractivity contribution in [1.82, 2.24) is 9.97 Å². The van der Waals surface area contributed by atoms with E-state index in [1.54, 1.807) is 0 Å². The maximum atomic E-state index is 12.6. The van der Waals surface area contributed by atoms with E-state index in [9.17, 15) is 14.4 Å². The minimum Gasteiger partial charge on any atom is -0.481 e. The predicted molar refractivity (Wildman–Crippen MR) is 88.1 cm³/mol. The Bertz CT molecular complexity index is 757. The summed E-state index contributed by atoms with van der Waals surface area (Å²) in [4.78, 5) is 41.2. The number of carboxylic acids is 2. The van der Waals surface area contributed by atoms with Crippen molar-refractivity contribution in [3.63, 3.8) is 0 Å². The lowest BCUT2D eigenvalue weighted by molar-refractivity contribution is -0.139. The number of nitrogens with two attached hydrogens (primary N) is 1. The SMILES string of the molecule is N[C@H](Cc1cnc(C(=O)[C@@H](CC(=O)O)Cc2ccccc2)[nH]1)C(=O)O. The van der Waals surface area contributed by atoms with Gasteiger partial charge in [-0.1, -0.05) is 30.3 Å². The van der Waals surface area contributed by atoms with Crippen LogP contribution >= 0.6 is 0 Å². The molecule has 0 fully saturated rings. The molecule has 0 aliphatic carbocycles. The van der Waals surface area contributed by atoms with E-state index in [-0.39, 0.29) is 25.1 Å². The molecule has 5 N–H and O–H groups in total. The highest BCUT2D eigenvalue weighted by Gasteiger charge is 2.26. The summed E-state index contributed by atoms with van der Waals surface area (Å²) in [5.41, 5.74) is 6.71. The molecule has 0 spiro atoms. The number of aliphatic carboxylic acids is 2. The number of H-pyrrole nitrogens is 1. The number of benzene rings is 1. The van der Waals surface area contributed by atoms with Crippen LogP contribution in [0.3, 0.4) is 0 Å². The van der Waals surface area contributed by atoms with E-state index in [1.165, 1.54) is 6.20 Å². The number of nitrogens with zero attached hydrogens (tertiary/aromatic N) is 1. The van der Waals surface area contributed by atoms with Gasteiger partial charge in [-0.2, -0.15) is 0 Å². The molecule has 0 bridgehead atoms. The number of hydrogen-bond acceptors (Lipinski definition) is 5. The van der Waals surface area contributed by atoms with Crippen molar-refractivity contribution in [1.29, 1.82) is 0 Å². The van der Waals surface area contributed by atoms with E-state index in [4.69, 9.17) is 15.9 Å². The van der Waals surface area contributed by atoms with Crippen LogP contribution in [0.4, 0.5) is 0 Å². The summed E-state index contributed by atoms with van der Waals surface area (Å²) in [5, 5.41) is 17.9. The summed E-state index contributed by atoms with van der Waals surface area (Å²) < 4.78 is 0.